The van der Waals surface area contributed by atoms with Gasteiger partial charge in [0.05, 0.1) is 18.1 Å². The van der Waals surface area contributed by atoms with Gasteiger partial charge in [0.1, 0.15) is 0 Å². The number of aromatic nitrogens is 2. The third-order valence-corrected chi connectivity index (χ3v) is 3.82. The van der Waals surface area contributed by atoms with Crippen LogP contribution in [0.25, 0.3) is 0 Å². The van der Waals surface area contributed by atoms with E-state index in [0.717, 1.165) is 30.1 Å². The first-order valence-electron chi connectivity index (χ1n) is 6.57. The molecular formula is C15H18Cl2N2. The molecule has 0 aliphatic carbocycles. The first-order valence-corrected chi connectivity index (χ1v) is 7.48. The summed E-state index contributed by atoms with van der Waals surface area (Å²) in [6.07, 6.45) is 1.87. The summed E-state index contributed by atoms with van der Waals surface area (Å²) in [6, 6.07) is 7.90. The SMILES string of the molecule is CCc1nn(Cc2ccc(Cl)cc2)c(CC)c1CCl. The molecule has 0 bridgehead atoms. The molecule has 2 aromatic rings. The van der Waals surface area contributed by atoms with Crippen molar-refractivity contribution in [2.24, 2.45) is 0 Å². The molecule has 4 heteroatoms. The van der Waals surface area contributed by atoms with Gasteiger partial charge in [-0.15, -0.1) is 11.6 Å². The van der Waals surface area contributed by atoms with Crippen LogP contribution in [-0.4, -0.2) is 9.78 Å². The largest absolute Gasteiger partial charge is 0.265 e. The van der Waals surface area contributed by atoms with Crippen molar-refractivity contribution >= 4 is 23.2 Å². The molecule has 0 spiro atoms. The zero-order valence-corrected chi connectivity index (χ0v) is 12.8. The van der Waals surface area contributed by atoms with Crippen molar-refractivity contribution < 1.29 is 0 Å². The first kappa shape index (κ1) is 14.4. The summed E-state index contributed by atoms with van der Waals surface area (Å²) in [6.45, 7) is 5.03. The number of nitrogens with zero attached hydrogens (tertiary/aromatic N) is 2. The van der Waals surface area contributed by atoms with E-state index in [1.807, 2.05) is 24.3 Å². The minimum Gasteiger partial charge on any atom is -0.265 e. The summed E-state index contributed by atoms with van der Waals surface area (Å²) in [5, 5.41) is 5.45. The van der Waals surface area contributed by atoms with Crippen molar-refractivity contribution in [2.75, 3.05) is 0 Å². The van der Waals surface area contributed by atoms with Gasteiger partial charge in [-0.1, -0.05) is 37.6 Å². The Labute approximate surface area is 124 Å². The maximum Gasteiger partial charge on any atom is 0.0669 e. The minimum absolute atomic E-state index is 0.535. The number of halogens is 2. The Bertz CT molecular complexity index is 544. The van der Waals surface area contributed by atoms with Gasteiger partial charge in [0.15, 0.2) is 0 Å². The molecule has 102 valence electrons. The van der Waals surface area contributed by atoms with Crippen LogP contribution in [0, 0.1) is 0 Å². The van der Waals surface area contributed by atoms with Gasteiger partial charge in [-0.3, -0.25) is 4.68 Å². The zero-order valence-electron chi connectivity index (χ0n) is 11.3. The zero-order chi connectivity index (χ0) is 13.8. The van der Waals surface area contributed by atoms with Gasteiger partial charge in [-0.05, 0) is 30.5 Å². The summed E-state index contributed by atoms with van der Waals surface area (Å²) in [5.74, 6) is 0.535. The van der Waals surface area contributed by atoms with Gasteiger partial charge in [0.2, 0.25) is 0 Å². The second kappa shape index (κ2) is 6.44. The van der Waals surface area contributed by atoms with Crippen LogP contribution in [0.1, 0.15) is 36.4 Å². The third kappa shape index (κ3) is 3.13. The van der Waals surface area contributed by atoms with Crippen LogP contribution in [0.15, 0.2) is 24.3 Å². The van der Waals surface area contributed by atoms with Crippen LogP contribution in [0.4, 0.5) is 0 Å². The molecule has 0 saturated carbocycles. The van der Waals surface area contributed by atoms with Crippen LogP contribution >= 0.6 is 23.2 Å². The molecule has 2 rings (SSSR count). The van der Waals surface area contributed by atoms with Crippen molar-refractivity contribution in [1.29, 1.82) is 0 Å². The average Bonchev–Trinajstić information content (AvgIpc) is 2.78. The number of hydrogen-bond acceptors (Lipinski definition) is 1. The second-order valence-corrected chi connectivity index (χ2v) is 5.20. The maximum atomic E-state index is 6.06. The molecule has 0 fully saturated rings. The Morgan fingerprint density at radius 3 is 2.32 bits per heavy atom. The molecule has 0 saturated heterocycles. The molecule has 0 unspecified atom stereocenters. The molecule has 19 heavy (non-hydrogen) atoms. The molecule has 1 aromatic carbocycles. The lowest BCUT2D eigenvalue weighted by Crippen LogP contribution is -2.06. The van der Waals surface area contributed by atoms with Crippen molar-refractivity contribution in [3.63, 3.8) is 0 Å². The smallest absolute Gasteiger partial charge is 0.0669 e. The highest BCUT2D eigenvalue weighted by atomic mass is 35.5. The van der Waals surface area contributed by atoms with Gasteiger partial charge in [0, 0.05) is 16.3 Å². The maximum absolute atomic E-state index is 6.06. The second-order valence-electron chi connectivity index (χ2n) is 4.50. The Morgan fingerprint density at radius 2 is 1.79 bits per heavy atom. The number of rotatable bonds is 5. The van der Waals surface area contributed by atoms with Gasteiger partial charge < -0.3 is 0 Å². The van der Waals surface area contributed by atoms with Crippen LogP contribution in [0.2, 0.25) is 5.02 Å². The van der Waals surface area contributed by atoms with Gasteiger partial charge in [-0.2, -0.15) is 5.10 Å². The highest BCUT2D eigenvalue weighted by molar-refractivity contribution is 6.30. The Morgan fingerprint density at radius 1 is 1.11 bits per heavy atom. The average molecular weight is 297 g/mol. The summed E-state index contributed by atoms with van der Waals surface area (Å²) >= 11 is 12.0. The number of hydrogen-bond donors (Lipinski definition) is 0. The van der Waals surface area contributed by atoms with E-state index in [0.29, 0.717) is 5.88 Å². The lowest BCUT2D eigenvalue weighted by Gasteiger charge is -2.07. The first-order chi connectivity index (χ1) is 9.19. The van der Waals surface area contributed by atoms with Crippen LogP contribution < -0.4 is 0 Å². The molecule has 0 amide bonds. The van der Waals surface area contributed by atoms with Crippen molar-refractivity contribution in [3.05, 3.63) is 51.8 Å². The normalized spacial score (nSPS) is 10.9. The van der Waals surface area contributed by atoms with Crippen molar-refractivity contribution in [1.82, 2.24) is 9.78 Å². The predicted molar refractivity (Wildman–Crippen MR) is 81.1 cm³/mol. The monoisotopic (exact) mass is 296 g/mol. The van der Waals surface area contributed by atoms with Crippen LogP contribution in [0.3, 0.4) is 0 Å². The Balaban J connectivity index is 2.34. The standard InChI is InChI=1S/C15H18Cl2N2/c1-3-14-13(9-16)15(4-2)19(18-14)10-11-5-7-12(17)8-6-11/h5-8H,3-4,9-10H2,1-2H3. The van der Waals surface area contributed by atoms with E-state index in [-0.39, 0.29) is 0 Å². The summed E-state index contributed by atoms with van der Waals surface area (Å²) < 4.78 is 2.07. The molecule has 0 aliphatic heterocycles. The van der Waals surface area contributed by atoms with E-state index in [1.165, 1.54) is 16.8 Å². The molecule has 0 aliphatic rings. The van der Waals surface area contributed by atoms with Crippen molar-refractivity contribution in [3.8, 4) is 0 Å². The fourth-order valence-corrected chi connectivity index (χ4v) is 2.75. The summed E-state index contributed by atoms with van der Waals surface area (Å²) in [7, 11) is 0. The van der Waals surface area contributed by atoms with E-state index < -0.39 is 0 Å². The number of alkyl halides is 1. The molecular weight excluding hydrogens is 279 g/mol. The topological polar surface area (TPSA) is 17.8 Å². The molecule has 2 nitrogen and oxygen atoms in total. The fraction of sp³-hybridized carbons (Fsp3) is 0.400. The van der Waals surface area contributed by atoms with Crippen LogP contribution in [0.5, 0.6) is 0 Å². The molecule has 1 heterocycles. The molecule has 1 aromatic heterocycles. The van der Waals surface area contributed by atoms with Gasteiger partial charge in [0.25, 0.3) is 0 Å². The lowest BCUT2D eigenvalue weighted by molar-refractivity contribution is 0.640. The predicted octanol–water partition coefficient (Wildman–Crippen LogP) is 4.45. The van der Waals surface area contributed by atoms with E-state index in [2.05, 4.69) is 23.6 Å². The fourth-order valence-electron chi connectivity index (χ4n) is 2.32. The molecule has 0 radical (unpaired) electrons. The van der Waals surface area contributed by atoms with E-state index >= 15 is 0 Å². The third-order valence-electron chi connectivity index (χ3n) is 3.30. The highest BCUT2D eigenvalue weighted by Gasteiger charge is 2.14. The number of benzene rings is 1. The minimum atomic E-state index is 0.535. The van der Waals surface area contributed by atoms with Crippen LogP contribution in [-0.2, 0) is 25.3 Å². The lowest BCUT2D eigenvalue weighted by atomic mass is 10.1. The summed E-state index contributed by atoms with van der Waals surface area (Å²) in [4.78, 5) is 0. The number of aryl methyl sites for hydroxylation is 1. The highest BCUT2D eigenvalue weighted by Crippen LogP contribution is 2.20. The van der Waals surface area contributed by atoms with Gasteiger partial charge >= 0.3 is 0 Å². The summed E-state index contributed by atoms with van der Waals surface area (Å²) in [5.41, 5.74) is 4.74. The molecule has 0 N–H and O–H groups in total. The Kier molecular flexibility index (Phi) is 4.89. The Hall–Kier alpha value is -0.990. The quantitative estimate of drug-likeness (QED) is 0.746. The van der Waals surface area contributed by atoms with E-state index in [4.69, 9.17) is 23.2 Å². The van der Waals surface area contributed by atoms with E-state index in [9.17, 15) is 0 Å². The van der Waals surface area contributed by atoms with Crippen molar-refractivity contribution in [2.45, 2.75) is 39.1 Å². The molecule has 0 atom stereocenters. The van der Waals surface area contributed by atoms with E-state index in [1.54, 1.807) is 0 Å². The van der Waals surface area contributed by atoms with Gasteiger partial charge in [-0.25, -0.2) is 0 Å².